The van der Waals surface area contributed by atoms with Gasteiger partial charge in [-0.3, -0.25) is 19.3 Å². The van der Waals surface area contributed by atoms with Crippen LogP contribution in [-0.2, 0) is 38.2 Å². The Morgan fingerprint density at radius 2 is 2.08 bits per heavy atom. The normalized spacial score (nSPS) is 23.5. The summed E-state index contributed by atoms with van der Waals surface area (Å²) in [5.74, 6) is -2.13. The second kappa shape index (κ2) is 11.3. The highest BCUT2D eigenvalue weighted by Gasteiger charge is 2.55. The van der Waals surface area contributed by atoms with E-state index in [4.69, 9.17) is 24.8 Å². The largest absolute Gasteiger partial charge is 0.427 e. The molecular formula is C23H29N5O8S2. The first-order valence-electron chi connectivity index (χ1n) is 11.8. The number of thiazole rings is 1. The SMILES string of the molecule is CON=C(C(=O)N[C@@H]1C(=O)N2C(C(=O)OCOC(=O)C(C)(C)C)=C([C@@H]3CCCO3)CS[C@H]12)c1csc(N)n1. The van der Waals surface area contributed by atoms with Crippen molar-refractivity contribution in [2.45, 2.75) is 51.1 Å². The number of hydrogen-bond donors (Lipinski definition) is 2. The molecule has 3 aliphatic heterocycles. The van der Waals surface area contributed by atoms with E-state index in [0.717, 1.165) is 17.8 Å². The molecule has 2 amide bonds. The summed E-state index contributed by atoms with van der Waals surface area (Å²) in [6.45, 7) is 4.99. The molecule has 0 aromatic carbocycles. The third-order valence-corrected chi connectivity index (χ3v) is 7.93. The summed E-state index contributed by atoms with van der Waals surface area (Å²) in [4.78, 5) is 61.6. The van der Waals surface area contributed by atoms with Crippen molar-refractivity contribution in [1.29, 1.82) is 0 Å². The van der Waals surface area contributed by atoms with Crippen molar-refractivity contribution in [3.63, 3.8) is 0 Å². The van der Waals surface area contributed by atoms with E-state index in [0.29, 0.717) is 24.4 Å². The van der Waals surface area contributed by atoms with E-state index in [9.17, 15) is 19.2 Å². The number of thioether (sulfide) groups is 1. The number of nitrogens with one attached hydrogen (secondary N) is 1. The summed E-state index contributed by atoms with van der Waals surface area (Å²) in [5, 5.41) is 7.63. The van der Waals surface area contributed by atoms with Gasteiger partial charge in [0.15, 0.2) is 10.8 Å². The van der Waals surface area contributed by atoms with Gasteiger partial charge in [0.25, 0.3) is 11.8 Å². The molecule has 3 aliphatic rings. The zero-order valence-corrected chi connectivity index (χ0v) is 23.0. The maximum absolute atomic E-state index is 13.3. The standard InChI is InChI=1S/C23H29N5O8S2/c1-23(2,3)21(32)36-10-35-20(31)16-11(13-6-5-7-34-13)8-37-19-15(18(30)28(16)19)26-17(29)14(27-33-4)12-9-38-22(24)25-12/h9,13,15,19H,5-8,10H2,1-4H3,(H2,24,25)(H,26,29)/t13-,15+,19+/m0/s1. The maximum Gasteiger partial charge on any atom is 0.358 e. The van der Waals surface area contributed by atoms with E-state index >= 15 is 0 Å². The Morgan fingerprint density at radius 1 is 1.32 bits per heavy atom. The molecule has 0 radical (unpaired) electrons. The number of nitrogens with two attached hydrogens (primary N) is 1. The lowest BCUT2D eigenvalue weighted by molar-refractivity contribution is -0.173. The van der Waals surface area contributed by atoms with Crippen molar-refractivity contribution < 1.29 is 38.2 Å². The summed E-state index contributed by atoms with van der Waals surface area (Å²) in [7, 11) is 1.28. The van der Waals surface area contributed by atoms with Gasteiger partial charge in [-0.1, -0.05) is 5.16 Å². The number of rotatable bonds is 8. The minimum absolute atomic E-state index is 0.0565. The van der Waals surface area contributed by atoms with Gasteiger partial charge in [-0.05, 0) is 39.2 Å². The van der Waals surface area contributed by atoms with Crippen LogP contribution in [0.4, 0.5) is 5.13 Å². The number of anilines is 1. The molecule has 15 heteroatoms. The summed E-state index contributed by atoms with van der Waals surface area (Å²) in [6.07, 6.45) is 1.19. The highest BCUT2D eigenvalue weighted by molar-refractivity contribution is 8.00. The predicted octanol–water partition coefficient (Wildman–Crippen LogP) is 0.999. The third kappa shape index (κ3) is 5.63. The van der Waals surface area contributed by atoms with Gasteiger partial charge < -0.3 is 30.1 Å². The molecule has 3 N–H and O–H groups in total. The number of esters is 2. The zero-order chi connectivity index (χ0) is 27.6. The maximum atomic E-state index is 13.3. The molecule has 0 aliphatic carbocycles. The number of hydrogen-bond acceptors (Lipinski definition) is 13. The number of carbonyl (C=O) groups excluding carboxylic acids is 4. The monoisotopic (exact) mass is 567 g/mol. The van der Waals surface area contributed by atoms with Gasteiger partial charge in [0.05, 0.1) is 11.5 Å². The third-order valence-electron chi connectivity index (χ3n) is 5.95. The summed E-state index contributed by atoms with van der Waals surface area (Å²) >= 11 is 2.52. The average molecular weight is 568 g/mol. The first kappa shape index (κ1) is 27.9. The molecule has 1 aromatic rings. The van der Waals surface area contributed by atoms with Crippen LogP contribution in [-0.4, -0.2) is 83.1 Å². The Labute approximate surface area is 227 Å². The van der Waals surface area contributed by atoms with Gasteiger partial charge in [0, 0.05) is 17.7 Å². The molecule has 3 atom stereocenters. The lowest BCUT2D eigenvalue weighted by atomic mass is 9.98. The Morgan fingerprint density at radius 3 is 2.68 bits per heavy atom. The van der Waals surface area contributed by atoms with Gasteiger partial charge in [-0.15, -0.1) is 23.1 Å². The smallest absolute Gasteiger partial charge is 0.358 e. The van der Waals surface area contributed by atoms with Gasteiger partial charge in [-0.25, -0.2) is 9.78 Å². The van der Waals surface area contributed by atoms with Crippen LogP contribution in [0.1, 0.15) is 39.3 Å². The Kier molecular flexibility index (Phi) is 8.28. The number of amides is 2. The number of nitrogen functional groups attached to an aromatic ring is 1. The minimum atomic E-state index is -0.932. The lowest BCUT2D eigenvalue weighted by Crippen LogP contribution is -2.71. The molecule has 0 unspecified atom stereocenters. The number of nitrogens with zero attached hydrogens (tertiary/aromatic N) is 3. The average Bonchev–Trinajstić information content (AvgIpc) is 3.56. The second-order valence-electron chi connectivity index (χ2n) is 9.66. The highest BCUT2D eigenvalue weighted by Crippen LogP contribution is 2.43. The first-order valence-corrected chi connectivity index (χ1v) is 13.7. The quantitative estimate of drug-likeness (QED) is 0.151. The fourth-order valence-corrected chi connectivity index (χ4v) is 6.01. The van der Waals surface area contributed by atoms with Crippen LogP contribution >= 0.6 is 23.1 Å². The second-order valence-corrected chi connectivity index (χ2v) is 11.7. The van der Waals surface area contributed by atoms with Crippen LogP contribution < -0.4 is 11.1 Å². The number of β-lactam (4-membered cyclic amide) rings is 1. The van der Waals surface area contributed by atoms with E-state index in [1.807, 2.05) is 0 Å². The van der Waals surface area contributed by atoms with E-state index in [-0.39, 0.29) is 28.3 Å². The van der Waals surface area contributed by atoms with Gasteiger partial charge in [0.1, 0.15) is 29.9 Å². The predicted molar refractivity (Wildman–Crippen MR) is 138 cm³/mol. The molecule has 0 spiro atoms. The Balaban J connectivity index is 1.50. The molecule has 13 nitrogen and oxygen atoms in total. The van der Waals surface area contributed by atoms with E-state index in [2.05, 4.69) is 15.5 Å². The lowest BCUT2D eigenvalue weighted by Gasteiger charge is -2.50. The molecule has 2 saturated heterocycles. The van der Waals surface area contributed by atoms with Crippen molar-refractivity contribution in [3.8, 4) is 0 Å². The molecule has 206 valence electrons. The molecule has 0 saturated carbocycles. The van der Waals surface area contributed by atoms with Crippen molar-refractivity contribution in [2.24, 2.45) is 10.6 Å². The summed E-state index contributed by atoms with van der Waals surface area (Å²) in [5.41, 5.74) is 5.67. The van der Waals surface area contributed by atoms with Crippen LogP contribution in [0.3, 0.4) is 0 Å². The summed E-state index contributed by atoms with van der Waals surface area (Å²) < 4.78 is 16.1. The van der Waals surface area contributed by atoms with Crippen LogP contribution in [0.5, 0.6) is 0 Å². The molecule has 2 fully saturated rings. The molecular weight excluding hydrogens is 538 g/mol. The fourth-order valence-electron chi connectivity index (χ4n) is 4.05. The number of carbonyl (C=O) groups is 4. The van der Waals surface area contributed by atoms with Crippen molar-refractivity contribution in [1.82, 2.24) is 15.2 Å². The highest BCUT2D eigenvalue weighted by atomic mass is 32.2. The van der Waals surface area contributed by atoms with Crippen LogP contribution in [0.2, 0.25) is 0 Å². The number of ether oxygens (including phenoxy) is 3. The van der Waals surface area contributed by atoms with Gasteiger partial charge in [0.2, 0.25) is 6.79 Å². The minimum Gasteiger partial charge on any atom is -0.427 e. The van der Waals surface area contributed by atoms with E-state index in [1.165, 1.54) is 23.8 Å². The first-order chi connectivity index (χ1) is 18.0. The van der Waals surface area contributed by atoms with Crippen molar-refractivity contribution in [3.05, 3.63) is 22.3 Å². The Bertz CT molecular complexity index is 1180. The molecule has 0 bridgehead atoms. The molecule has 4 heterocycles. The van der Waals surface area contributed by atoms with E-state index < -0.39 is 47.4 Å². The van der Waals surface area contributed by atoms with Crippen molar-refractivity contribution in [2.75, 3.05) is 32.0 Å². The molecule has 38 heavy (non-hydrogen) atoms. The zero-order valence-electron chi connectivity index (χ0n) is 21.3. The molecule has 4 rings (SSSR count). The number of fused-ring (bicyclic) bond motifs is 1. The van der Waals surface area contributed by atoms with Crippen LogP contribution in [0, 0.1) is 5.41 Å². The molecule has 1 aromatic heterocycles. The topological polar surface area (TPSA) is 172 Å². The fraction of sp³-hybridized carbons (Fsp3) is 0.565. The van der Waals surface area contributed by atoms with Crippen LogP contribution in [0.25, 0.3) is 0 Å². The van der Waals surface area contributed by atoms with Gasteiger partial charge >= 0.3 is 11.9 Å². The van der Waals surface area contributed by atoms with Crippen LogP contribution in [0.15, 0.2) is 21.8 Å². The van der Waals surface area contributed by atoms with Gasteiger partial charge in [-0.2, -0.15) is 0 Å². The Hall–Kier alpha value is -3.17. The summed E-state index contributed by atoms with van der Waals surface area (Å²) in [6, 6.07) is -0.932. The number of oxime groups is 1. The van der Waals surface area contributed by atoms with E-state index in [1.54, 1.807) is 26.2 Å². The number of aromatic nitrogens is 1. The van der Waals surface area contributed by atoms with Crippen molar-refractivity contribution >= 4 is 57.7 Å².